The van der Waals surface area contributed by atoms with Crippen LogP contribution in [-0.4, -0.2) is 5.84 Å². The molecule has 0 aliphatic carbocycles. The van der Waals surface area contributed by atoms with Gasteiger partial charge in [0.15, 0.2) is 6.17 Å². The number of para-hydroxylation sites is 2. The Morgan fingerprint density at radius 2 is 1.07 bits per heavy atom. The minimum absolute atomic E-state index is 0.171. The number of nitrogens with zero attached hydrogens (tertiary/aromatic N) is 2. The molecule has 1 aromatic heterocycles. The van der Waals surface area contributed by atoms with Gasteiger partial charge >= 0.3 is 0 Å². The zero-order valence-corrected chi connectivity index (χ0v) is 24.5. The van der Waals surface area contributed by atoms with Crippen molar-refractivity contribution in [3.63, 3.8) is 0 Å². The predicted octanol–water partition coefficient (Wildman–Crippen LogP) is 11.0. The molecule has 3 nitrogen and oxygen atoms in total. The highest BCUT2D eigenvalue weighted by Crippen LogP contribution is 2.44. The molecule has 0 saturated heterocycles. The summed E-state index contributed by atoms with van der Waals surface area (Å²) in [6.45, 7) is 0. The molecule has 0 spiro atoms. The Morgan fingerprint density at radius 1 is 0.467 bits per heavy atom. The van der Waals surface area contributed by atoms with Gasteiger partial charge in [-0.15, -0.1) is 0 Å². The van der Waals surface area contributed by atoms with E-state index in [1.165, 1.54) is 22.3 Å². The van der Waals surface area contributed by atoms with E-state index < -0.39 is 0 Å². The summed E-state index contributed by atoms with van der Waals surface area (Å²) in [5, 5.41) is 4.54. The Morgan fingerprint density at radius 3 is 1.78 bits per heavy atom. The van der Waals surface area contributed by atoms with Crippen LogP contribution in [0.4, 0.5) is 5.69 Å². The van der Waals surface area contributed by atoms with Crippen LogP contribution in [0.25, 0.3) is 55.0 Å². The summed E-state index contributed by atoms with van der Waals surface area (Å²) in [5.41, 5.74) is 9.99. The third kappa shape index (κ3) is 4.24. The number of benzene rings is 7. The molecule has 2 heterocycles. The van der Waals surface area contributed by atoms with Gasteiger partial charge in [-0.1, -0.05) is 140 Å². The van der Waals surface area contributed by atoms with E-state index in [4.69, 9.17) is 9.41 Å². The lowest BCUT2D eigenvalue weighted by Crippen LogP contribution is -2.43. The van der Waals surface area contributed by atoms with Crippen molar-refractivity contribution in [2.75, 3.05) is 4.90 Å². The monoisotopic (exact) mass is 576 g/mol. The van der Waals surface area contributed by atoms with E-state index >= 15 is 0 Å². The molecule has 7 aromatic carbocycles. The van der Waals surface area contributed by atoms with Crippen molar-refractivity contribution < 1.29 is 4.42 Å². The van der Waals surface area contributed by atoms with E-state index in [1.807, 2.05) is 12.1 Å². The second kappa shape index (κ2) is 10.4. The van der Waals surface area contributed by atoms with Crippen molar-refractivity contribution in [2.24, 2.45) is 4.99 Å². The fourth-order valence-electron chi connectivity index (χ4n) is 6.66. The summed E-state index contributed by atoms with van der Waals surface area (Å²) in [5.74, 6) is 0.964. The second-order valence-electron chi connectivity index (χ2n) is 11.5. The molecule has 1 aliphatic heterocycles. The highest BCUT2D eigenvalue weighted by atomic mass is 16.3. The molecule has 0 fully saturated rings. The van der Waals surface area contributed by atoms with Crippen LogP contribution in [0.2, 0.25) is 0 Å². The molecule has 3 heteroatoms. The maximum atomic E-state index is 6.50. The molecule has 1 unspecified atom stereocenters. The van der Waals surface area contributed by atoms with Crippen molar-refractivity contribution in [2.45, 2.75) is 6.17 Å². The van der Waals surface area contributed by atoms with Crippen molar-refractivity contribution in [1.29, 1.82) is 0 Å². The molecule has 0 amide bonds. The van der Waals surface area contributed by atoms with Crippen LogP contribution in [-0.2, 0) is 0 Å². The number of rotatable bonds is 5. The van der Waals surface area contributed by atoms with E-state index in [0.29, 0.717) is 0 Å². The van der Waals surface area contributed by atoms with Crippen molar-refractivity contribution in [3.8, 4) is 22.3 Å². The first-order valence-electron chi connectivity index (χ1n) is 15.3. The number of hydrogen-bond donors (Lipinski definition) is 0. The third-order valence-electron chi connectivity index (χ3n) is 8.92. The van der Waals surface area contributed by atoms with Crippen molar-refractivity contribution in [1.82, 2.24) is 0 Å². The fraction of sp³-hybridized carbons (Fsp3) is 0.0238. The Hall–Kier alpha value is -5.93. The van der Waals surface area contributed by atoms with E-state index in [0.717, 1.165) is 55.4 Å². The standard InChI is InChI=1S/C42H28N2O/c1-3-10-28(11-4-1)29-18-20-30(21-19-29)31-22-24-33(25-23-31)41-43-42(44(41)34-13-5-2-6-14-34)37-16-9-12-32-26-27-36-35-15-7-8-17-38(35)45-40(36)39(32)37/h1-27,42H. The lowest BCUT2D eigenvalue weighted by Gasteiger charge is -2.41. The number of aliphatic imine (C=N–C) groups is 1. The Kier molecular flexibility index (Phi) is 5.88. The summed E-state index contributed by atoms with van der Waals surface area (Å²) >= 11 is 0. The van der Waals surface area contributed by atoms with Crippen LogP contribution in [0.3, 0.4) is 0 Å². The molecule has 0 saturated carbocycles. The van der Waals surface area contributed by atoms with Crippen LogP contribution < -0.4 is 4.90 Å². The number of anilines is 1. The van der Waals surface area contributed by atoms with Crippen LogP contribution in [0.1, 0.15) is 17.3 Å². The maximum absolute atomic E-state index is 6.50. The molecule has 212 valence electrons. The second-order valence-corrected chi connectivity index (χ2v) is 11.5. The smallest absolute Gasteiger partial charge is 0.155 e. The lowest BCUT2D eigenvalue weighted by molar-refractivity contribution is 0.667. The third-order valence-corrected chi connectivity index (χ3v) is 8.92. The van der Waals surface area contributed by atoms with Crippen LogP contribution >= 0.6 is 0 Å². The minimum atomic E-state index is -0.171. The number of furan rings is 1. The lowest BCUT2D eigenvalue weighted by atomic mass is 9.95. The normalized spacial score (nSPS) is 14.5. The van der Waals surface area contributed by atoms with Crippen LogP contribution in [0, 0.1) is 0 Å². The molecule has 1 atom stereocenters. The van der Waals surface area contributed by atoms with Gasteiger partial charge in [0, 0.05) is 33.0 Å². The molecule has 1 aliphatic rings. The Bertz CT molecular complexity index is 2350. The molecule has 0 radical (unpaired) electrons. The van der Waals surface area contributed by atoms with Gasteiger partial charge in [-0.05, 0) is 51.9 Å². The molecule has 9 rings (SSSR count). The SMILES string of the molecule is c1ccc(-c2ccc(-c3ccc(C4=NC(c5cccc6ccc7c8ccccc8oc7c56)N4c4ccccc4)cc3)cc2)cc1. The van der Waals surface area contributed by atoms with Crippen molar-refractivity contribution >= 4 is 44.2 Å². The quantitative estimate of drug-likeness (QED) is 0.204. The number of amidine groups is 1. The summed E-state index contributed by atoms with van der Waals surface area (Å²) in [4.78, 5) is 7.63. The van der Waals surface area contributed by atoms with Gasteiger partial charge in [0.25, 0.3) is 0 Å². The molecule has 0 N–H and O–H groups in total. The zero-order chi connectivity index (χ0) is 29.7. The molecule has 8 aromatic rings. The summed E-state index contributed by atoms with van der Waals surface area (Å²) in [6.07, 6.45) is -0.171. The molecular weight excluding hydrogens is 548 g/mol. The number of fused-ring (bicyclic) bond motifs is 5. The maximum Gasteiger partial charge on any atom is 0.155 e. The summed E-state index contributed by atoms with van der Waals surface area (Å²) < 4.78 is 6.50. The first kappa shape index (κ1) is 25.6. The van der Waals surface area contributed by atoms with E-state index in [2.05, 4.69) is 157 Å². The highest BCUT2D eigenvalue weighted by Gasteiger charge is 2.36. The van der Waals surface area contributed by atoms with Gasteiger partial charge in [-0.3, -0.25) is 4.90 Å². The Balaban J connectivity index is 1.11. The van der Waals surface area contributed by atoms with Gasteiger partial charge in [0.2, 0.25) is 0 Å². The van der Waals surface area contributed by atoms with Gasteiger partial charge in [-0.2, -0.15) is 0 Å². The molecule has 0 bridgehead atoms. The minimum Gasteiger partial charge on any atom is -0.455 e. The topological polar surface area (TPSA) is 28.7 Å². The highest BCUT2D eigenvalue weighted by molar-refractivity contribution is 6.18. The van der Waals surface area contributed by atoms with Gasteiger partial charge in [-0.25, -0.2) is 4.99 Å². The first-order valence-corrected chi connectivity index (χ1v) is 15.3. The fourth-order valence-corrected chi connectivity index (χ4v) is 6.66. The first-order chi connectivity index (χ1) is 22.3. The molecular formula is C42H28N2O. The average molecular weight is 577 g/mol. The Labute approximate surface area is 261 Å². The van der Waals surface area contributed by atoms with Crippen LogP contribution in [0.5, 0.6) is 0 Å². The van der Waals surface area contributed by atoms with Gasteiger partial charge in [0.1, 0.15) is 17.0 Å². The van der Waals surface area contributed by atoms with E-state index in [1.54, 1.807) is 0 Å². The van der Waals surface area contributed by atoms with Crippen LogP contribution in [0.15, 0.2) is 173 Å². The van der Waals surface area contributed by atoms with Crippen molar-refractivity contribution in [3.05, 3.63) is 175 Å². The van der Waals surface area contributed by atoms with Gasteiger partial charge in [0.05, 0.1) is 0 Å². The summed E-state index contributed by atoms with van der Waals surface area (Å²) in [6, 6.07) is 57.7. The average Bonchev–Trinajstić information content (AvgIpc) is 3.48. The predicted molar refractivity (Wildman–Crippen MR) is 187 cm³/mol. The zero-order valence-electron chi connectivity index (χ0n) is 24.5. The summed E-state index contributed by atoms with van der Waals surface area (Å²) in [7, 11) is 0. The largest absolute Gasteiger partial charge is 0.455 e. The van der Waals surface area contributed by atoms with E-state index in [9.17, 15) is 0 Å². The van der Waals surface area contributed by atoms with E-state index in [-0.39, 0.29) is 6.17 Å². The number of hydrogen-bond acceptors (Lipinski definition) is 3. The van der Waals surface area contributed by atoms with Gasteiger partial charge < -0.3 is 4.42 Å². The molecule has 45 heavy (non-hydrogen) atoms.